The first-order valence-electron chi connectivity index (χ1n) is 7.70. The van der Waals surface area contributed by atoms with Crippen LogP contribution < -0.4 is 5.32 Å². The van der Waals surface area contributed by atoms with Crippen molar-refractivity contribution >= 4 is 5.91 Å². The van der Waals surface area contributed by atoms with Gasteiger partial charge in [0.15, 0.2) is 0 Å². The van der Waals surface area contributed by atoms with E-state index in [1.807, 2.05) is 36.5 Å². The second-order valence-electron chi connectivity index (χ2n) is 5.45. The van der Waals surface area contributed by atoms with Crippen LogP contribution in [0, 0.1) is 0 Å². The number of carbonyl (C=O) groups is 1. The van der Waals surface area contributed by atoms with Gasteiger partial charge in [-0.15, -0.1) is 0 Å². The molecule has 0 spiro atoms. The molecule has 0 saturated carbocycles. The first-order chi connectivity index (χ1) is 11.3. The van der Waals surface area contributed by atoms with E-state index >= 15 is 0 Å². The number of amides is 1. The Bertz CT molecular complexity index is 734. The summed E-state index contributed by atoms with van der Waals surface area (Å²) in [5.41, 5.74) is 4.46. The molecular formula is C19H19N3O. The first kappa shape index (κ1) is 15.0. The van der Waals surface area contributed by atoms with Gasteiger partial charge in [0.1, 0.15) is 0 Å². The highest BCUT2D eigenvalue weighted by atomic mass is 16.1. The van der Waals surface area contributed by atoms with Crippen LogP contribution in [0.4, 0.5) is 0 Å². The summed E-state index contributed by atoms with van der Waals surface area (Å²) in [4.78, 5) is 12.0. The van der Waals surface area contributed by atoms with E-state index in [1.165, 1.54) is 5.56 Å². The molecular weight excluding hydrogens is 286 g/mol. The number of benzene rings is 2. The summed E-state index contributed by atoms with van der Waals surface area (Å²) in [6.45, 7) is 0.625. The van der Waals surface area contributed by atoms with Crippen molar-refractivity contribution in [3.8, 4) is 11.1 Å². The lowest BCUT2D eigenvalue weighted by Crippen LogP contribution is -2.27. The number of hydrogen-bond acceptors (Lipinski definition) is 2. The molecule has 0 fully saturated rings. The minimum absolute atomic E-state index is 0.0426. The zero-order chi connectivity index (χ0) is 15.9. The molecule has 0 aliphatic heterocycles. The van der Waals surface area contributed by atoms with Crippen LogP contribution in [0.5, 0.6) is 0 Å². The van der Waals surface area contributed by atoms with E-state index in [2.05, 4.69) is 39.8 Å². The van der Waals surface area contributed by atoms with Gasteiger partial charge in [-0.3, -0.25) is 9.89 Å². The molecule has 4 heteroatoms. The Balaban J connectivity index is 1.50. The van der Waals surface area contributed by atoms with Gasteiger partial charge in [-0.25, -0.2) is 0 Å². The maximum absolute atomic E-state index is 12.0. The fourth-order valence-corrected chi connectivity index (χ4v) is 2.45. The molecule has 4 nitrogen and oxygen atoms in total. The van der Waals surface area contributed by atoms with Crippen molar-refractivity contribution in [2.45, 2.75) is 12.8 Å². The van der Waals surface area contributed by atoms with E-state index in [0.29, 0.717) is 13.0 Å². The average Bonchev–Trinajstić information content (AvgIpc) is 3.10. The molecule has 2 aromatic carbocycles. The number of hydrogen-bond donors (Lipinski definition) is 2. The summed E-state index contributed by atoms with van der Waals surface area (Å²) in [5.74, 6) is 0.0426. The average molecular weight is 305 g/mol. The standard InChI is InChI=1S/C19H19N3O/c23-19(20-11-10-16-13-21-22-14-16)12-15-6-8-18(9-7-15)17-4-2-1-3-5-17/h1-9,13-14H,10-12H2,(H,20,23)(H,21,22). The molecule has 1 aromatic heterocycles. The molecule has 0 radical (unpaired) electrons. The van der Waals surface area contributed by atoms with E-state index in [9.17, 15) is 4.79 Å². The highest BCUT2D eigenvalue weighted by Gasteiger charge is 2.04. The van der Waals surface area contributed by atoms with Crippen LogP contribution in [0.2, 0.25) is 0 Å². The fourth-order valence-electron chi connectivity index (χ4n) is 2.45. The lowest BCUT2D eigenvalue weighted by Gasteiger charge is -2.06. The molecule has 3 rings (SSSR count). The third-order valence-corrected chi connectivity index (χ3v) is 3.72. The Labute approximate surface area is 135 Å². The number of nitrogens with zero attached hydrogens (tertiary/aromatic N) is 1. The predicted octanol–water partition coefficient (Wildman–Crippen LogP) is 2.98. The lowest BCUT2D eigenvalue weighted by atomic mass is 10.0. The minimum atomic E-state index is 0.0426. The lowest BCUT2D eigenvalue weighted by molar-refractivity contribution is -0.120. The number of carbonyl (C=O) groups excluding carboxylic acids is 1. The van der Waals surface area contributed by atoms with Crippen LogP contribution in [0.3, 0.4) is 0 Å². The van der Waals surface area contributed by atoms with E-state index < -0.39 is 0 Å². The van der Waals surface area contributed by atoms with Crippen LogP contribution in [-0.2, 0) is 17.6 Å². The van der Waals surface area contributed by atoms with Crippen LogP contribution in [-0.4, -0.2) is 22.6 Å². The smallest absolute Gasteiger partial charge is 0.224 e. The molecule has 23 heavy (non-hydrogen) atoms. The van der Waals surface area contributed by atoms with Gasteiger partial charge in [0.25, 0.3) is 0 Å². The van der Waals surface area contributed by atoms with Crippen molar-refractivity contribution in [2.24, 2.45) is 0 Å². The molecule has 0 saturated heterocycles. The van der Waals surface area contributed by atoms with Gasteiger partial charge >= 0.3 is 0 Å². The van der Waals surface area contributed by atoms with Crippen LogP contribution in [0.1, 0.15) is 11.1 Å². The third kappa shape index (κ3) is 4.30. The minimum Gasteiger partial charge on any atom is -0.355 e. The monoisotopic (exact) mass is 305 g/mol. The molecule has 3 aromatic rings. The predicted molar refractivity (Wildman–Crippen MR) is 90.9 cm³/mol. The molecule has 2 N–H and O–H groups in total. The zero-order valence-electron chi connectivity index (χ0n) is 12.8. The van der Waals surface area contributed by atoms with Crippen LogP contribution >= 0.6 is 0 Å². The SMILES string of the molecule is O=C(Cc1ccc(-c2ccccc2)cc1)NCCc1cn[nH]c1. The molecule has 1 heterocycles. The van der Waals surface area contributed by atoms with Crippen LogP contribution in [0.25, 0.3) is 11.1 Å². The van der Waals surface area contributed by atoms with Crippen molar-refractivity contribution in [1.82, 2.24) is 15.5 Å². The van der Waals surface area contributed by atoms with Crippen molar-refractivity contribution in [3.05, 3.63) is 78.1 Å². The first-order valence-corrected chi connectivity index (χ1v) is 7.70. The van der Waals surface area contributed by atoms with E-state index in [0.717, 1.165) is 23.1 Å². The molecule has 0 atom stereocenters. The highest BCUT2D eigenvalue weighted by Crippen LogP contribution is 2.19. The molecule has 0 aliphatic rings. The van der Waals surface area contributed by atoms with Gasteiger partial charge in [0, 0.05) is 12.7 Å². The van der Waals surface area contributed by atoms with E-state index in [1.54, 1.807) is 6.20 Å². The molecule has 0 aliphatic carbocycles. The maximum atomic E-state index is 12.0. The van der Waals surface area contributed by atoms with Gasteiger partial charge in [-0.1, -0.05) is 54.6 Å². The number of rotatable bonds is 6. The second kappa shape index (κ2) is 7.40. The van der Waals surface area contributed by atoms with Crippen molar-refractivity contribution in [2.75, 3.05) is 6.54 Å². The van der Waals surface area contributed by atoms with E-state index in [4.69, 9.17) is 0 Å². The fraction of sp³-hybridized carbons (Fsp3) is 0.158. The molecule has 0 unspecified atom stereocenters. The van der Waals surface area contributed by atoms with Gasteiger partial charge in [-0.2, -0.15) is 5.10 Å². The Morgan fingerprint density at radius 3 is 2.39 bits per heavy atom. The zero-order valence-corrected chi connectivity index (χ0v) is 12.8. The largest absolute Gasteiger partial charge is 0.355 e. The van der Waals surface area contributed by atoms with Crippen LogP contribution in [0.15, 0.2) is 67.0 Å². The quantitative estimate of drug-likeness (QED) is 0.735. The van der Waals surface area contributed by atoms with Crippen molar-refractivity contribution in [1.29, 1.82) is 0 Å². The number of aromatic amines is 1. The normalized spacial score (nSPS) is 10.4. The number of nitrogens with one attached hydrogen (secondary N) is 2. The highest BCUT2D eigenvalue weighted by molar-refractivity contribution is 5.78. The molecule has 116 valence electrons. The summed E-state index contributed by atoms with van der Waals surface area (Å²) in [5, 5.41) is 9.58. The second-order valence-corrected chi connectivity index (χ2v) is 5.45. The third-order valence-electron chi connectivity index (χ3n) is 3.72. The summed E-state index contributed by atoms with van der Waals surface area (Å²) < 4.78 is 0. The Morgan fingerprint density at radius 2 is 1.70 bits per heavy atom. The van der Waals surface area contributed by atoms with Gasteiger partial charge in [0.05, 0.1) is 12.6 Å². The van der Waals surface area contributed by atoms with Crippen molar-refractivity contribution in [3.63, 3.8) is 0 Å². The van der Waals surface area contributed by atoms with Crippen molar-refractivity contribution < 1.29 is 4.79 Å². The summed E-state index contributed by atoms with van der Waals surface area (Å²) in [6.07, 6.45) is 4.80. The molecule has 0 bridgehead atoms. The van der Waals surface area contributed by atoms with Gasteiger partial charge in [0.2, 0.25) is 5.91 Å². The maximum Gasteiger partial charge on any atom is 0.224 e. The van der Waals surface area contributed by atoms with Gasteiger partial charge in [-0.05, 0) is 28.7 Å². The topological polar surface area (TPSA) is 57.8 Å². The Hall–Kier alpha value is -2.88. The van der Waals surface area contributed by atoms with E-state index in [-0.39, 0.29) is 5.91 Å². The Kier molecular flexibility index (Phi) is 4.84. The summed E-state index contributed by atoms with van der Waals surface area (Å²) in [7, 11) is 0. The number of H-pyrrole nitrogens is 1. The number of aromatic nitrogens is 2. The Morgan fingerprint density at radius 1 is 0.957 bits per heavy atom. The summed E-state index contributed by atoms with van der Waals surface area (Å²) >= 11 is 0. The van der Waals surface area contributed by atoms with Gasteiger partial charge < -0.3 is 5.32 Å². The molecule has 1 amide bonds. The summed E-state index contributed by atoms with van der Waals surface area (Å²) in [6, 6.07) is 18.4.